The van der Waals surface area contributed by atoms with E-state index in [-0.39, 0.29) is 12.5 Å². The number of piperidine rings is 1. The summed E-state index contributed by atoms with van der Waals surface area (Å²) in [6, 6.07) is 7.51. The van der Waals surface area contributed by atoms with Gasteiger partial charge in [-0.2, -0.15) is 0 Å². The zero-order valence-electron chi connectivity index (χ0n) is 12.0. The highest BCUT2D eigenvalue weighted by molar-refractivity contribution is 6.32. The second kappa shape index (κ2) is 6.95. The van der Waals surface area contributed by atoms with Gasteiger partial charge in [-0.05, 0) is 45.1 Å². The van der Waals surface area contributed by atoms with E-state index in [0.717, 1.165) is 25.9 Å². The van der Waals surface area contributed by atoms with E-state index < -0.39 is 0 Å². The molecule has 0 atom stereocenters. The normalized spacial score (nSPS) is 16.9. The van der Waals surface area contributed by atoms with Crippen LogP contribution in [0.25, 0.3) is 0 Å². The summed E-state index contributed by atoms with van der Waals surface area (Å²) in [6.07, 6.45) is 2.04. The Labute approximate surface area is 125 Å². The SMILES string of the molecule is CN1CCC(N(C)C(=O)COc2ccccc2Cl)CC1. The Bertz CT molecular complexity index is 459. The van der Waals surface area contributed by atoms with Crippen molar-refractivity contribution < 1.29 is 9.53 Å². The number of halogens is 1. The molecular formula is C15H21ClN2O2. The number of likely N-dealkylation sites (tertiary alicyclic amines) is 1. The van der Waals surface area contributed by atoms with E-state index in [4.69, 9.17) is 16.3 Å². The summed E-state index contributed by atoms with van der Waals surface area (Å²) in [5, 5.41) is 0.530. The van der Waals surface area contributed by atoms with Gasteiger partial charge in [0.25, 0.3) is 5.91 Å². The van der Waals surface area contributed by atoms with Gasteiger partial charge in [0.1, 0.15) is 5.75 Å². The monoisotopic (exact) mass is 296 g/mol. The van der Waals surface area contributed by atoms with E-state index in [2.05, 4.69) is 11.9 Å². The molecule has 0 aromatic heterocycles. The summed E-state index contributed by atoms with van der Waals surface area (Å²) in [4.78, 5) is 16.2. The number of carbonyl (C=O) groups is 1. The minimum atomic E-state index is -0.000488. The Morgan fingerprint density at radius 3 is 2.70 bits per heavy atom. The molecule has 2 rings (SSSR count). The molecule has 0 radical (unpaired) electrons. The zero-order chi connectivity index (χ0) is 14.5. The molecule has 4 nitrogen and oxygen atoms in total. The number of likely N-dealkylation sites (N-methyl/N-ethyl adjacent to an activating group) is 1. The Hall–Kier alpha value is -1.26. The van der Waals surface area contributed by atoms with E-state index >= 15 is 0 Å². The van der Waals surface area contributed by atoms with E-state index in [1.54, 1.807) is 12.1 Å². The molecule has 0 bridgehead atoms. The average Bonchev–Trinajstić information content (AvgIpc) is 2.46. The smallest absolute Gasteiger partial charge is 0.260 e. The maximum atomic E-state index is 12.2. The largest absolute Gasteiger partial charge is 0.482 e. The summed E-state index contributed by atoms with van der Waals surface area (Å²) in [7, 11) is 3.97. The molecule has 1 aliphatic rings. The van der Waals surface area contributed by atoms with Gasteiger partial charge in [0, 0.05) is 13.1 Å². The van der Waals surface area contributed by atoms with Crippen molar-refractivity contribution >= 4 is 17.5 Å². The van der Waals surface area contributed by atoms with Crippen LogP contribution in [-0.4, -0.2) is 55.5 Å². The van der Waals surface area contributed by atoms with Crippen molar-refractivity contribution in [3.05, 3.63) is 29.3 Å². The lowest BCUT2D eigenvalue weighted by atomic mass is 10.0. The fourth-order valence-electron chi connectivity index (χ4n) is 2.39. The molecule has 0 saturated carbocycles. The number of carbonyl (C=O) groups excluding carboxylic acids is 1. The first-order chi connectivity index (χ1) is 9.58. The van der Waals surface area contributed by atoms with Gasteiger partial charge in [0.2, 0.25) is 0 Å². The molecule has 5 heteroatoms. The molecule has 1 saturated heterocycles. The van der Waals surface area contributed by atoms with Crippen LogP contribution in [0.2, 0.25) is 5.02 Å². The van der Waals surface area contributed by atoms with Crippen molar-refractivity contribution in [3.63, 3.8) is 0 Å². The Balaban J connectivity index is 1.84. The highest BCUT2D eigenvalue weighted by Crippen LogP contribution is 2.23. The molecule has 1 aromatic rings. The Kier molecular flexibility index (Phi) is 5.26. The van der Waals surface area contributed by atoms with Gasteiger partial charge in [-0.3, -0.25) is 4.79 Å². The van der Waals surface area contributed by atoms with Gasteiger partial charge >= 0.3 is 0 Å². The number of para-hydroxylation sites is 1. The second-order valence-corrected chi connectivity index (χ2v) is 5.67. The van der Waals surface area contributed by atoms with Crippen molar-refractivity contribution in [2.75, 3.05) is 33.8 Å². The van der Waals surface area contributed by atoms with Crippen molar-refractivity contribution in [1.82, 2.24) is 9.80 Å². The van der Waals surface area contributed by atoms with Crippen LogP contribution in [0.4, 0.5) is 0 Å². The van der Waals surface area contributed by atoms with E-state index in [0.29, 0.717) is 16.8 Å². The van der Waals surface area contributed by atoms with Crippen molar-refractivity contribution in [2.45, 2.75) is 18.9 Å². The first-order valence-corrected chi connectivity index (χ1v) is 7.27. The topological polar surface area (TPSA) is 32.8 Å². The van der Waals surface area contributed by atoms with Crippen LogP contribution in [0.5, 0.6) is 5.75 Å². The Morgan fingerprint density at radius 2 is 2.05 bits per heavy atom. The number of hydrogen-bond acceptors (Lipinski definition) is 3. The summed E-state index contributed by atoms with van der Waals surface area (Å²) < 4.78 is 5.50. The minimum Gasteiger partial charge on any atom is -0.482 e. The van der Waals surface area contributed by atoms with E-state index in [1.165, 1.54) is 0 Å². The number of nitrogens with zero attached hydrogens (tertiary/aromatic N) is 2. The van der Waals surface area contributed by atoms with Crippen LogP contribution in [0.3, 0.4) is 0 Å². The number of hydrogen-bond donors (Lipinski definition) is 0. The standard InChI is InChI=1S/C15H21ClN2O2/c1-17-9-7-12(8-10-17)18(2)15(19)11-20-14-6-4-3-5-13(14)16/h3-6,12H,7-11H2,1-2H3. The molecule has 1 aromatic carbocycles. The summed E-state index contributed by atoms with van der Waals surface area (Å²) in [5.74, 6) is 0.554. The van der Waals surface area contributed by atoms with Gasteiger partial charge in [-0.1, -0.05) is 23.7 Å². The van der Waals surface area contributed by atoms with E-state index in [1.807, 2.05) is 24.1 Å². The quantitative estimate of drug-likeness (QED) is 0.854. The number of benzene rings is 1. The van der Waals surface area contributed by atoms with Crippen LogP contribution in [0, 0.1) is 0 Å². The number of rotatable bonds is 4. The molecule has 110 valence electrons. The molecular weight excluding hydrogens is 276 g/mol. The first-order valence-electron chi connectivity index (χ1n) is 6.89. The van der Waals surface area contributed by atoms with Gasteiger partial charge in [-0.25, -0.2) is 0 Å². The number of ether oxygens (including phenoxy) is 1. The van der Waals surface area contributed by atoms with Crippen molar-refractivity contribution in [1.29, 1.82) is 0 Å². The lowest BCUT2D eigenvalue weighted by molar-refractivity contribution is -0.134. The molecule has 0 unspecified atom stereocenters. The van der Waals surface area contributed by atoms with E-state index in [9.17, 15) is 4.79 Å². The fourth-order valence-corrected chi connectivity index (χ4v) is 2.58. The molecule has 0 spiro atoms. The molecule has 20 heavy (non-hydrogen) atoms. The van der Waals surface area contributed by atoms with Gasteiger partial charge in [0.15, 0.2) is 6.61 Å². The molecule has 0 aliphatic carbocycles. The molecule has 1 amide bonds. The summed E-state index contributed by atoms with van der Waals surface area (Å²) in [6.45, 7) is 2.11. The maximum absolute atomic E-state index is 12.2. The van der Waals surface area contributed by atoms with Crippen LogP contribution in [0.15, 0.2) is 24.3 Å². The molecule has 1 aliphatic heterocycles. The third-order valence-electron chi connectivity index (χ3n) is 3.82. The van der Waals surface area contributed by atoms with Crippen LogP contribution in [-0.2, 0) is 4.79 Å². The van der Waals surface area contributed by atoms with Crippen LogP contribution >= 0.6 is 11.6 Å². The molecule has 1 fully saturated rings. The lowest BCUT2D eigenvalue weighted by Gasteiger charge is -2.35. The maximum Gasteiger partial charge on any atom is 0.260 e. The van der Waals surface area contributed by atoms with Gasteiger partial charge in [-0.15, -0.1) is 0 Å². The third kappa shape index (κ3) is 3.87. The number of amides is 1. The van der Waals surface area contributed by atoms with Crippen LogP contribution < -0.4 is 4.74 Å². The van der Waals surface area contributed by atoms with Gasteiger partial charge < -0.3 is 14.5 Å². The predicted octanol–water partition coefficient (Wildman–Crippen LogP) is 2.27. The van der Waals surface area contributed by atoms with Crippen molar-refractivity contribution in [3.8, 4) is 5.75 Å². The second-order valence-electron chi connectivity index (χ2n) is 5.26. The predicted molar refractivity (Wildman–Crippen MR) is 80.2 cm³/mol. The minimum absolute atomic E-state index is 0.000488. The third-order valence-corrected chi connectivity index (χ3v) is 4.13. The summed E-state index contributed by atoms with van der Waals surface area (Å²) in [5.41, 5.74) is 0. The lowest BCUT2D eigenvalue weighted by Crippen LogP contribution is -2.45. The average molecular weight is 297 g/mol. The Morgan fingerprint density at radius 1 is 1.40 bits per heavy atom. The molecule has 0 N–H and O–H groups in total. The fraction of sp³-hybridized carbons (Fsp3) is 0.533. The van der Waals surface area contributed by atoms with Crippen LogP contribution in [0.1, 0.15) is 12.8 Å². The molecule has 1 heterocycles. The van der Waals surface area contributed by atoms with Crippen molar-refractivity contribution in [2.24, 2.45) is 0 Å². The zero-order valence-corrected chi connectivity index (χ0v) is 12.8. The highest BCUT2D eigenvalue weighted by Gasteiger charge is 2.24. The first kappa shape index (κ1) is 15.1. The summed E-state index contributed by atoms with van der Waals surface area (Å²) >= 11 is 6.00. The highest BCUT2D eigenvalue weighted by atomic mass is 35.5. The van der Waals surface area contributed by atoms with Gasteiger partial charge in [0.05, 0.1) is 5.02 Å².